The number of aromatic nitrogens is 2. The molecule has 0 bridgehead atoms. The summed E-state index contributed by atoms with van der Waals surface area (Å²) in [5, 5.41) is 6.16. The number of benzene rings is 2. The lowest BCUT2D eigenvalue weighted by molar-refractivity contribution is 0.415. The first-order valence-electron chi connectivity index (χ1n) is 7.63. The second-order valence-corrected chi connectivity index (χ2v) is 5.79. The molecule has 0 saturated heterocycles. The Kier molecular flexibility index (Phi) is 5.18. The average Bonchev–Trinajstić information content (AvgIpc) is 2.58. The molecule has 3 rings (SSSR count). The number of hydrogen-bond donors (Lipinski definition) is 2. The maximum atomic E-state index is 13.8. The molecular weight excluding hydrogens is 362 g/mol. The quantitative estimate of drug-likeness (QED) is 0.640. The van der Waals surface area contributed by atoms with Gasteiger partial charge >= 0.3 is 0 Å². The van der Waals surface area contributed by atoms with Crippen LogP contribution in [-0.2, 0) is 0 Å². The van der Waals surface area contributed by atoms with Gasteiger partial charge in [-0.05, 0) is 37.3 Å². The van der Waals surface area contributed by atoms with Crippen molar-refractivity contribution in [3.8, 4) is 5.75 Å². The van der Waals surface area contributed by atoms with Gasteiger partial charge in [-0.2, -0.15) is 0 Å². The van der Waals surface area contributed by atoms with Gasteiger partial charge in [-0.25, -0.2) is 18.7 Å². The standard InChI is InChI=1S/C18H15ClF2N4O/c1-10-22-16(24-11-6-7-15(26-2)12(19)8-11)9-17(23-10)25-18-13(20)4-3-5-14(18)21/h3-9H,1-2H3,(H2,22,23,24,25). The van der Waals surface area contributed by atoms with E-state index in [-0.39, 0.29) is 11.5 Å². The van der Waals surface area contributed by atoms with E-state index in [9.17, 15) is 8.78 Å². The molecule has 8 heteroatoms. The van der Waals surface area contributed by atoms with Gasteiger partial charge in [0, 0.05) is 11.8 Å². The molecule has 0 fully saturated rings. The van der Waals surface area contributed by atoms with Crippen molar-refractivity contribution in [1.82, 2.24) is 9.97 Å². The lowest BCUT2D eigenvalue weighted by atomic mass is 10.3. The fourth-order valence-corrected chi connectivity index (χ4v) is 2.59. The van der Waals surface area contributed by atoms with Gasteiger partial charge in [0.25, 0.3) is 0 Å². The zero-order valence-corrected chi connectivity index (χ0v) is 14.7. The molecular formula is C18H15ClF2N4O. The SMILES string of the molecule is COc1ccc(Nc2cc(Nc3c(F)cccc3F)nc(C)n2)cc1Cl. The van der Waals surface area contributed by atoms with Crippen LogP contribution in [0.5, 0.6) is 5.75 Å². The fourth-order valence-electron chi connectivity index (χ4n) is 2.33. The molecule has 26 heavy (non-hydrogen) atoms. The minimum Gasteiger partial charge on any atom is -0.495 e. The molecule has 0 atom stereocenters. The van der Waals surface area contributed by atoms with E-state index in [1.165, 1.54) is 19.2 Å². The van der Waals surface area contributed by atoms with Crippen molar-refractivity contribution in [2.45, 2.75) is 6.92 Å². The highest BCUT2D eigenvalue weighted by atomic mass is 35.5. The summed E-state index contributed by atoms with van der Waals surface area (Å²) in [6.07, 6.45) is 0. The fraction of sp³-hybridized carbons (Fsp3) is 0.111. The van der Waals surface area contributed by atoms with Crippen molar-refractivity contribution in [2.24, 2.45) is 0 Å². The van der Waals surface area contributed by atoms with E-state index >= 15 is 0 Å². The number of ether oxygens (including phenoxy) is 1. The number of anilines is 4. The predicted molar refractivity (Wildman–Crippen MR) is 97.7 cm³/mol. The minimum absolute atomic E-state index is 0.253. The van der Waals surface area contributed by atoms with E-state index in [0.717, 1.165) is 12.1 Å². The van der Waals surface area contributed by atoms with Crippen LogP contribution in [0.2, 0.25) is 5.02 Å². The van der Waals surface area contributed by atoms with Gasteiger partial charge in [0.05, 0.1) is 12.1 Å². The van der Waals surface area contributed by atoms with Crippen LogP contribution in [0.1, 0.15) is 5.82 Å². The molecule has 1 heterocycles. The molecule has 0 unspecified atom stereocenters. The molecule has 0 aliphatic heterocycles. The zero-order valence-electron chi connectivity index (χ0n) is 14.0. The first kappa shape index (κ1) is 17.9. The molecule has 1 aromatic heterocycles. The van der Waals surface area contributed by atoms with Crippen molar-refractivity contribution in [3.05, 3.63) is 64.9 Å². The highest BCUT2D eigenvalue weighted by Gasteiger charge is 2.11. The largest absolute Gasteiger partial charge is 0.495 e. The molecule has 2 N–H and O–H groups in total. The van der Waals surface area contributed by atoms with Gasteiger partial charge in [0.15, 0.2) is 0 Å². The molecule has 0 saturated carbocycles. The number of para-hydroxylation sites is 1. The molecule has 0 aliphatic rings. The van der Waals surface area contributed by atoms with Crippen molar-refractivity contribution >= 4 is 34.6 Å². The Hall–Kier alpha value is -2.93. The number of nitrogens with zero attached hydrogens (tertiary/aromatic N) is 2. The van der Waals surface area contributed by atoms with Crippen LogP contribution >= 0.6 is 11.6 Å². The second kappa shape index (κ2) is 7.53. The predicted octanol–water partition coefficient (Wildman–Crippen LogP) is 5.21. The van der Waals surface area contributed by atoms with E-state index in [1.54, 1.807) is 25.1 Å². The molecule has 0 radical (unpaired) electrons. The number of nitrogens with one attached hydrogen (secondary N) is 2. The van der Waals surface area contributed by atoms with Crippen LogP contribution in [0.4, 0.5) is 31.8 Å². The molecule has 3 aromatic rings. The Morgan fingerprint density at radius 1 is 0.962 bits per heavy atom. The minimum atomic E-state index is -0.710. The summed E-state index contributed by atoms with van der Waals surface area (Å²) in [4.78, 5) is 8.42. The normalized spacial score (nSPS) is 10.5. The van der Waals surface area contributed by atoms with Crippen molar-refractivity contribution in [1.29, 1.82) is 0 Å². The number of methoxy groups -OCH3 is 1. The lowest BCUT2D eigenvalue weighted by Gasteiger charge is -2.12. The zero-order chi connectivity index (χ0) is 18.7. The Morgan fingerprint density at radius 3 is 2.23 bits per heavy atom. The third-order valence-corrected chi connectivity index (χ3v) is 3.77. The van der Waals surface area contributed by atoms with E-state index in [1.807, 2.05) is 0 Å². The summed E-state index contributed by atoms with van der Waals surface area (Å²) in [6.45, 7) is 1.68. The van der Waals surface area contributed by atoms with E-state index < -0.39 is 11.6 Å². The van der Waals surface area contributed by atoms with Gasteiger partial charge in [0.1, 0.15) is 40.5 Å². The van der Waals surface area contributed by atoms with Crippen LogP contribution in [0.3, 0.4) is 0 Å². The molecule has 0 amide bonds. The highest BCUT2D eigenvalue weighted by Crippen LogP contribution is 2.29. The third kappa shape index (κ3) is 4.00. The molecule has 5 nitrogen and oxygen atoms in total. The highest BCUT2D eigenvalue weighted by molar-refractivity contribution is 6.32. The van der Waals surface area contributed by atoms with E-state index in [2.05, 4.69) is 20.6 Å². The summed E-state index contributed by atoms with van der Waals surface area (Å²) in [6, 6.07) is 10.3. The molecule has 134 valence electrons. The number of rotatable bonds is 5. The number of hydrogen-bond acceptors (Lipinski definition) is 5. The van der Waals surface area contributed by atoms with Crippen LogP contribution in [0.15, 0.2) is 42.5 Å². The van der Waals surface area contributed by atoms with E-state index in [0.29, 0.717) is 28.1 Å². The smallest absolute Gasteiger partial charge is 0.149 e. The topological polar surface area (TPSA) is 59.1 Å². The molecule has 0 spiro atoms. The Bertz CT molecular complexity index is 932. The number of halogens is 3. The summed E-state index contributed by atoms with van der Waals surface area (Å²) >= 11 is 6.11. The number of aryl methyl sites for hydroxylation is 1. The van der Waals surface area contributed by atoms with Crippen LogP contribution in [-0.4, -0.2) is 17.1 Å². The third-order valence-electron chi connectivity index (χ3n) is 3.48. The summed E-state index contributed by atoms with van der Waals surface area (Å²) in [5.41, 5.74) is 0.404. The van der Waals surface area contributed by atoms with Crippen LogP contribution in [0.25, 0.3) is 0 Å². The average molecular weight is 377 g/mol. The van der Waals surface area contributed by atoms with Gasteiger partial charge < -0.3 is 15.4 Å². The first-order valence-corrected chi connectivity index (χ1v) is 8.01. The van der Waals surface area contributed by atoms with Gasteiger partial charge in [-0.3, -0.25) is 0 Å². The Balaban J connectivity index is 1.87. The van der Waals surface area contributed by atoms with Crippen molar-refractivity contribution < 1.29 is 13.5 Å². The summed E-state index contributed by atoms with van der Waals surface area (Å²) < 4.78 is 32.7. The second-order valence-electron chi connectivity index (χ2n) is 5.38. The Morgan fingerprint density at radius 2 is 1.62 bits per heavy atom. The first-order chi connectivity index (χ1) is 12.5. The molecule has 2 aromatic carbocycles. The van der Waals surface area contributed by atoms with Gasteiger partial charge in [0.2, 0.25) is 0 Å². The van der Waals surface area contributed by atoms with Gasteiger partial charge in [-0.15, -0.1) is 0 Å². The molecule has 0 aliphatic carbocycles. The monoisotopic (exact) mass is 376 g/mol. The van der Waals surface area contributed by atoms with Gasteiger partial charge in [-0.1, -0.05) is 17.7 Å². The van der Waals surface area contributed by atoms with Crippen LogP contribution in [0, 0.1) is 18.6 Å². The summed E-state index contributed by atoms with van der Waals surface area (Å²) in [7, 11) is 1.53. The lowest BCUT2D eigenvalue weighted by Crippen LogP contribution is -2.03. The van der Waals surface area contributed by atoms with E-state index in [4.69, 9.17) is 16.3 Å². The van der Waals surface area contributed by atoms with Crippen LogP contribution < -0.4 is 15.4 Å². The maximum Gasteiger partial charge on any atom is 0.149 e. The van der Waals surface area contributed by atoms with Crippen molar-refractivity contribution in [2.75, 3.05) is 17.7 Å². The maximum absolute atomic E-state index is 13.8. The Labute approximate surface area is 154 Å². The van der Waals surface area contributed by atoms with Crippen molar-refractivity contribution in [3.63, 3.8) is 0 Å². The summed E-state index contributed by atoms with van der Waals surface area (Å²) in [5.74, 6) is 0.249.